The maximum atomic E-state index is 6.12. The van der Waals surface area contributed by atoms with Crippen molar-refractivity contribution in [2.45, 2.75) is 81.8 Å². The highest BCUT2D eigenvalue weighted by Gasteiger charge is 2.41. The second kappa shape index (κ2) is 9.23. The van der Waals surface area contributed by atoms with Crippen molar-refractivity contribution in [3.63, 3.8) is 0 Å². The van der Waals surface area contributed by atoms with Crippen LogP contribution < -0.4 is 11.1 Å². The fourth-order valence-electron chi connectivity index (χ4n) is 7.19. The van der Waals surface area contributed by atoms with Crippen molar-refractivity contribution in [3.8, 4) is 0 Å². The fraction of sp³-hybridized carbons (Fsp3) is 0.552. The Labute approximate surface area is 198 Å². The van der Waals surface area contributed by atoms with Gasteiger partial charge in [-0.3, -0.25) is 4.98 Å². The predicted molar refractivity (Wildman–Crippen MR) is 135 cm³/mol. The minimum absolute atomic E-state index is 0.385. The molecule has 4 atom stereocenters. The molecule has 0 amide bonds. The molecule has 1 aromatic carbocycles. The number of rotatable bonds is 7. The molecule has 2 heterocycles. The van der Waals surface area contributed by atoms with Gasteiger partial charge in [0.1, 0.15) is 0 Å². The summed E-state index contributed by atoms with van der Waals surface area (Å²) in [7, 11) is 0. The van der Waals surface area contributed by atoms with Crippen molar-refractivity contribution in [2.24, 2.45) is 17.6 Å². The number of aromatic nitrogens is 2. The Morgan fingerprint density at radius 2 is 1.79 bits per heavy atom. The van der Waals surface area contributed by atoms with Crippen LogP contribution in [0.2, 0.25) is 0 Å². The molecule has 3 aromatic rings. The fourth-order valence-corrected chi connectivity index (χ4v) is 7.19. The first-order valence-corrected chi connectivity index (χ1v) is 13.2. The minimum atomic E-state index is 0.385. The van der Waals surface area contributed by atoms with Gasteiger partial charge in [-0.1, -0.05) is 24.6 Å². The number of nitrogens with one attached hydrogen (secondary N) is 1. The van der Waals surface area contributed by atoms with Crippen molar-refractivity contribution in [1.29, 1.82) is 0 Å². The number of para-hydroxylation sites is 1. The normalized spacial score (nSPS) is 30.2. The monoisotopic (exact) mass is 442 g/mol. The molecule has 3 N–H and O–H groups in total. The standard InChI is InChI=1S/C29H38N4/c30-23-7-9-24(10-8-23)32-16-13-25(21-11-14-31-15-12-21)27-19-33(28-4-2-1-3-26(27)28)29-18-20-5-6-22(29)17-20/h1-4,11-12,14-15,19-20,22-25,29,32H,5-10,13,16-18,30H2/t20?,22?,23-,24-,25?,29?. The molecule has 3 aliphatic rings. The molecule has 33 heavy (non-hydrogen) atoms. The van der Waals surface area contributed by atoms with Crippen LogP contribution in [0.5, 0.6) is 0 Å². The smallest absolute Gasteiger partial charge is 0.0486 e. The van der Waals surface area contributed by atoms with Gasteiger partial charge in [0.2, 0.25) is 0 Å². The number of hydrogen-bond donors (Lipinski definition) is 2. The molecular formula is C29H38N4. The van der Waals surface area contributed by atoms with Crippen LogP contribution in [-0.2, 0) is 0 Å². The topological polar surface area (TPSA) is 55.9 Å². The van der Waals surface area contributed by atoms with E-state index in [2.05, 4.69) is 57.5 Å². The third kappa shape index (κ3) is 4.24. The molecule has 4 nitrogen and oxygen atoms in total. The first-order chi connectivity index (χ1) is 16.3. The van der Waals surface area contributed by atoms with Crippen LogP contribution >= 0.6 is 0 Å². The number of fused-ring (bicyclic) bond motifs is 3. The molecule has 2 bridgehead atoms. The van der Waals surface area contributed by atoms with Gasteiger partial charge in [0, 0.05) is 53.5 Å². The third-order valence-corrected chi connectivity index (χ3v) is 8.95. The van der Waals surface area contributed by atoms with E-state index in [0.29, 0.717) is 24.0 Å². The van der Waals surface area contributed by atoms with Gasteiger partial charge in [0.05, 0.1) is 0 Å². The Balaban J connectivity index is 1.30. The maximum absolute atomic E-state index is 6.12. The van der Waals surface area contributed by atoms with Gasteiger partial charge in [0.25, 0.3) is 0 Å². The molecule has 0 aliphatic heterocycles. The highest BCUT2D eigenvalue weighted by atomic mass is 15.0. The van der Waals surface area contributed by atoms with Crippen LogP contribution in [0.3, 0.4) is 0 Å². The van der Waals surface area contributed by atoms with Crippen molar-refractivity contribution in [3.05, 3.63) is 66.1 Å². The van der Waals surface area contributed by atoms with E-state index in [0.717, 1.165) is 37.6 Å². The zero-order valence-corrected chi connectivity index (χ0v) is 19.7. The average Bonchev–Trinajstić information content (AvgIpc) is 3.58. The van der Waals surface area contributed by atoms with Crippen molar-refractivity contribution in [2.75, 3.05) is 6.54 Å². The highest BCUT2D eigenvalue weighted by Crippen LogP contribution is 2.52. The van der Waals surface area contributed by atoms with Gasteiger partial charge in [-0.05, 0) is 99.1 Å². The summed E-state index contributed by atoms with van der Waals surface area (Å²) >= 11 is 0. The van der Waals surface area contributed by atoms with Gasteiger partial charge in [-0.25, -0.2) is 0 Å². The molecule has 174 valence electrons. The Morgan fingerprint density at radius 3 is 2.55 bits per heavy atom. The zero-order valence-electron chi connectivity index (χ0n) is 19.7. The second-order valence-corrected chi connectivity index (χ2v) is 10.9. The molecule has 3 fully saturated rings. The van der Waals surface area contributed by atoms with Crippen LogP contribution in [0.4, 0.5) is 0 Å². The van der Waals surface area contributed by atoms with E-state index < -0.39 is 0 Å². The quantitative estimate of drug-likeness (QED) is 0.488. The summed E-state index contributed by atoms with van der Waals surface area (Å²) in [6, 6.07) is 15.3. The minimum Gasteiger partial charge on any atom is -0.344 e. The average molecular weight is 443 g/mol. The van der Waals surface area contributed by atoms with Crippen molar-refractivity contribution < 1.29 is 0 Å². The molecule has 4 unspecified atom stereocenters. The first kappa shape index (κ1) is 21.4. The van der Waals surface area contributed by atoms with E-state index in [1.807, 2.05) is 12.4 Å². The Hall–Kier alpha value is -2.17. The van der Waals surface area contributed by atoms with Crippen LogP contribution in [0.25, 0.3) is 10.9 Å². The number of hydrogen-bond acceptors (Lipinski definition) is 3. The van der Waals surface area contributed by atoms with E-state index in [4.69, 9.17) is 5.73 Å². The number of benzene rings is 1. The first-order valence-electron chi connectivity index (χ1n) is 13.2. The van der Waals surface area contributed by atoms with Crippen LogP contribution in [0, 0.1) is 11.8 Å². The molecule has 0 spiro atoms. The van der Waals surface area contributed by atoms with Crippen LogP contribution in [-0.4, -0.2) is 28.2 Å². The number of pyridine rings is 1. The zero-order chi connectivity index (χ0) is 22.2. The molecule has 3 aliphatic carbocycles. The molecule has 2 aromatic heterocycles. The maximum Gasteiger partial charge on any atom is 0.0486 e. The lowest BCUT2D eigenvalue weighted by Gasteiger charge is -2.28. The third-order valence-electron chi connectivity index (χ3n) is 8.95. The summed E-state index contributed by atoms with van der Waals surface area (Å²) in [6.45, 7) is 1.04. The lowest BCUT2D eigenvalue weighted by atomic mass is 9.88. The van der Waals surface area contributed by atoms with Gasteiger partial charge < -0.3 is 15.6 Å². The van der Waals surface area contributed by atoms with E-state index >= 15 is 0 Å². The Bertz CT molecular complexity index is 1070. The molecule has 4 heteroatoms. The summed E-state index contributed by atoms with van der Waals surface area (Å²) < 4.78 is 2.67. The van der Waals surface area contributed by atoms with E-state index in [1.54, 1.807) is 0 Å². The SMILES string of the molecule is N[C@H]1CC[C@H](NCCC(c2ccncc2)c2cn(C3CC4CCC3C4)c3ccccc23)CC1. The molecule has 0 radical (unpaired) electrons. The highest BCUT2D eigenvalue weighted by molar-refractivity contribution is 5.85. The Kier molecular flexibility index (Phi) is 5.98. The van der Waals surface area contributed by atoms with Gasteiger partial charge >= 0.3 is 0 Å². The van der Waals surface area contributed by atoms with Crippen LogP contribution in [0.1, 0.15) is 80.9 Å². The van der Waals surface area contributed by atoms with Crippen molar-refractivity contribution >= 4 is 10.9 Å². The summed E-state index contributed by atoms with van der Waals surface area (Å²) in [5, 5.41) is 5.30. The summed E-state index contributed by atoms with van der Waals surface area (Å²) in [5.74, 6) is 2.21. The van der Waals surface area contributed by atoms with Gasteiger partial charge in [0.15, 0.2) is 0 Å². The molecule has 0 saturated heterocycles. The largest absolute Gasteiger partial charge is 0.344 e. The summed E-state index contributed by atoms with van der Waals surface area (Å²) in [5.41, 5.74) is 10.4. The van der Waals surface area contributed by atoms with Crippen LogP contribution in [0.15, 0.2) is 55.0 Å². The van der Waals surface area contributed by atoms with E-state index in [1.165, 1.54) is 60.6 Å². The molecular weight excluding hydrogens is 404 g/mol. The van der Waals surface area contributed by atoms with Gasteiger partial charge in [-0.15, -0.1) is 0 Å². The van der Waals surface area contributed by atoms with Gasteiger partial charge in [-0.2, -0.15) is 0 Å². The predicted octanol–water partition coefficient (Wildman–Crippen LogP) is 5.78. The van der Waals surface area contributed by atoms with E-state index in [-0.39, 0.29) is 0 Å². The molecule has 3 saturated carbocycles. The summed E-state index contributed by atoms with van der Waals surface area (Å²) in [6.07, 6.45) is 18.0. The lowest BCUT2D eigenvalue weighted by molar-refractivity contribution is 0.336. The lowest BCUT2D eigenvalue weighted by Crippen LogP contribution is -2.38. The summed E-state index contributed by atoms with van der Waals surface area (Å²) in [4.78, 5) is 4.31. The number of nitrogens with zero attached hydrogens (tertiary/aromatic N) is 2. The molecule has 6 rings (SSSR count). The van der Waals surface area contributed by atoms with E-state index in [9.17, 15) is 0 Å². The second-order valence-electron chi connectivity index (χ2n) is 10.9. The Morgan fingerprint density at radius 1 is 0.970 bits per heavy atom. The number of nitrogens with two attached hydrogens (primary N) is 1. The van der Waals surface area contributed by atoms with Crippen molar-refractivity contribution in [1.82, 2.24) is 14.9 Å².